The van der Waals surface area contributed by atoms with Crippen LogP contribution < -0.4 is 20.7 Å². The van der Waals surface area contributed by atoms with Crippen molar-refractivity contribution in [3.8, 4) is 5.75 Å². The molecule has 3 amide bonds. The first-order valence-electron chi connectivity index (χ1n) is 9.95. The van der Waals surface area contributed by atoms with Gasteiger partial charge in [0.25, 0.3) is 0 Å². The van der Waals surface area contributed by atoms with Gasteiger partial charge in [-0.25, -0.2) is 9.79 Å². The Kier molecular flexibility index (Phi) is 12.8. The maximum atomic E-state index is 11.6. The molecule has 0 atom stereocenters. The highest BCUT2D eigenvalue weighted by Gasteiger charge is 2.27. The van der Waals surface area contributed by atoms with E-state index in [-0.39, 0.29) is 42.5 Å². The molecule has 1 aromatic rings. The van der Waals surface area contributed by atoms with Crippen molar-refractivity contribution < 1.29 is 19.1 Å². The van der Waals surface area contributed by atoms with E-state index < -0.39 is 0 Å². The van der Waals surface area contributed by atoms with E-state index in [1.54, 1.807) is 7.11 Å². The fourth-order valence-electron chi connectivity index (χ4n) is 2.73. The Labute approximate surface area is 195 Å². The maximum Gasteiger partial charge on any atom is 0.324 e. The Morgan fingerprint density at radius 3 is 2.47 bits per heavy atom. The predicted molar refractivity (Wildman–Crippen MR) is 126 cm³/mol. The number of urea groups is 1. The number of halogens is 1. The number of nitrogens with one attached hydrogen (secondary N) is 3. The number of imide groups is 1. The predicted octanol–water partition coefficient (Wildman–Crippen LogP) is 1.72. The molecule has 0 saturated carbocycles. The minimum Gasteiger partial charge on any atom is -0.497 e. The molecule has 0 unspecified atom stereocenters. The third-order valence-electron chi connectivity index (χ3n) is 4.33. The number of aliphatic imine (C=N–C) groups is 1. The van der Waals surface area contributed by atoms with Crippen LogP contribution in [0.15, 0.2) is 29.3 Å². The van der Waals surface area contributed by atoms with Crippen LogP contribution in [0.1, 0.15) is 25.3 Å². The summed E-state index contributed by atoms with van der Waals surface area (Å²) in [5.74, 6) is 1.32. The maximum absolute atomic E-state index is 11.6. The smallest absolute Gasteiger partial charge is 0.324 e. The standard InChI is InChI=1S/C20H31N5O4.HI/c1-3-29-13-5-11-22-19(23-14-16-6-8-17(28-2)9-7-16)21-10-4-12-25-18(26)15-24-20(25)27;/h6-9H,3-5,10-15H2,1-2H3,(H,24,27)(H2,21,22,23);1H. The Morgan fingerprint density at radius 1 is 1.17 bits per heavy atom. The molecule has 10 heteroatoms. The van der Waals surface area contributed by atoms with Crippen molar-refractivity contribution in [3.05, 3.63) is 29.8 Å². The fraction of sp³-hybridized carbons (Fsp3) is 0.550. The number of amides is 3. The number of nitrogens with zero attached hydrogens (tertiary/aromatic N) is 2. The number of hydrogen-bond donors (Lipinski definition) is 3. The van der Waals surface area contributed by atoms with Crippen molar-refractivity contribution in [1.29, 1.82) is 0 Å². The zero-order valence-electron chi connectivity index (χ0n) is 17.6. The lowest BCUT2D eigenvalue weighted by atomic mass is 10.2. The van der Waals surface area contributed by atoms with Crippen molar-refractivity contribution in [2.24, 2.45) is 4.99 Å². The average molecular weight is 533 g/mol. The Balaban J connectivity index is 0.00000450. The summed E-state index contributed by atoms with van der Waals surface area (Å²) >= 11 is 0. The lowest BCUT2D eigenvalue weighted by molar-refractivity contribution is -0.125. The molecule has 1 fully saturated rings. The summed E-state index contributed by atoms with van der Waals surface area (Å²) in [5, 5.41) is 9.07. The topological polar surface area (TPSA) is 104 Å². The summed E-state index contributed by atoms with van der Waals surface area (Å²) in [4.78, 5) is 29.0. The van der Waals surface area contributed by atoms with Gasteiger partial charge < -0.3 is 25.4 Å². The van der Waals surface area contributed by atoms with Crippen molar-refractivity contribution >= 4 is 41.9 Å². The van der Waals surface area contributed by atoms with Crippen LogP contribution in [0.25, 0.3) is 0 Å². The van der Waals surface area contributed by atoms with Gasteiger partial charge >= 0.3 is 6.03 Å². The number of carbonyl (C=O) groups is 2. The van der Waals surface area contributed by atoms with Gasteiger partial charge in [-0.2, -0.15) is 0 Å². The van der Waals surface area contributed by atoms with Gasteiger partial charge in [-0.15, -0.1) is 24.0 Å². The number of guanidine groups is 1. The quantitative estimate of drug-likeness (QED) is 0.124. The molecule has 30 heavy (non-hydrogen) atoms. The summed E-state index contributed by atoms with van der Waals surface area (Å²) in [7, 11) is 1.64. The molecule has 3 N–H and O–H groups in total. The Bertz CT molecular complexity index is 668. The zero-order chi connectivity index (χ0) is 20.9. The van der Waals surface area contributed by atoms with E-state index >= 15 is 0 Å². The molecule has 0 radical (unpaired) electrons. The minimum atomic E-state index is -0.322. The van der Waals surface area contributed by atoms with Crippen LogP contribution in [0.2, 0.25) is 0 Å². The van der Waals surface area contributed by atoms with Crippen LogP contribution in [0.4, 0.5) is 4.79 Å². The van der Waals surface area contributed by atoms with Crippen LogP contribution in [-0.4, -0.2) is 69.3 Å². The Morgan fingerprint density at radius 2 is 1.87 bits per heavy atom. The molecular weight excluding hydrogens is 501 g/mol. The van der Waals surface area contributed by atoms with Gasteiger partial charge in [0.2, 0.25) is 5.91 Å². The van der Waals surface area contributed by atoms with Gasteiger partial charge in [-0.3, -0.25) is 9.69 Å². The van der Waals surface area contributed by atoms with E-state index in [0.29, 0.717) is 45.2 Å². The van der Waals surface area contributed by atoms with Crippen LogP contribution in [0.3, 0.4) is 0 Å². The first-order chi connectivity index (χ1) is 14.1. The molecule has 0 bridgehead atoms. The van der Waals surface area contributed by atoms with Gasteiger partial charge in [0.05, 0.1) is 20.2 Å². The summed E-state index contributed by atoms with van der Waals surface area (Å²) in [6.45, 7) is 5.70. The van der Waals surface area contributed by atoms with Crippen LogP contribution in [0.5, 0.6) is 5.75 Å². The fourth-order valence-corrected chi connectivity index (χ4v) is 2.73. The average Bonchev–Trinajstić information content (AvgIpc) is 3.06. The number of rotatable bonds is 12. The van der Waals surface area contributed by atoms with E-state index in [0.717, 1.165) is 24.3 Å². The van der Waals surface area contributed by atoms with Crippen molar-refractivity contribution in [3.63, 3.8) is 0 Å². The molecule has 1 saturated heterocycles. The largest absolute Gasteiger partial charge is 0.497 e. The normalized spacial score (nSPS) is 13.7. The Hall–Kier alpha value is -2.08. The van der Waals surface area contributed by atoms with E-state index in [4.69, 9.17) is 9.47 Å². The monoisotopic (exact) mass is 533 g/mol. The first kappa shape index (κ1) is 26.0. The SMILES string of the molecule is CCOCCCNC(=NCc1ccc(OC)cc1)NCCCN1C(=O)CNC1=O.I. The van der Waals surface area contributed by atoms with Gasteiger partial charge in [0.15, 0.2) is 5.96 Å². The number of carbonyl (C=O) groups excluding carboxylic acids is 2. The molecule has 0 aromatic heterocycles. The second kappa shape index (κ2) is 14.8. The minimum absolute atomic E-state index is 0. The molecule has 0 aliphatic carbocycles. The van der Waals surface area contributed by atoms with E-state index in [2.05, 4.69) is 20.9 Å². The van der Waals surface area contributed by atoms with Crippen LogP contribution in [0, 0.1) is 0 Å². The van der Waals surface area contributed by atoms with E-state index in [1.807, 2.05) is 31.2 Å². The lowest BCUT2D eigenvalue weighted by Crippen LogP contribution is -2.40. The second-order valence-corrected chi connectivity index (χ2v) is 6.47. The summed E-state index contributed by atoms with van der Waals surface area (Å²) in [6.07, 6.45) is 1.51. The van der Waals surface area contributed by atoms with Crippen LogP contribution >= 0.6 is 24.0 Å². The zero-order valence-corrected chi connectivity index (χ0v) is 19.9. The molecule has 1 aromatic carbocycles. The number of methoxy groups -OCH3 is 1. The van der Waals surface area contributed by atoms with Crippen molar-refractivity contribution in [2.45, 2.75) is 26.3 Å². The van der Waals surface area contributed by atoms with E-state index in [9.17, 15) is 9.59 Å². The molecule has 1 aliphatic rings. The number of ether oxygens (including phenoxy) is 2. The molecule has 1 heterocycles. The first-order valence-corrected chi connectivity index (χ1v) is 9.95. The van der Waals surface area contributed by atoms with Crippen molar-refractivity contribution in [2.75, 3.05) is 46.5 Å². The third kappa shape index (κ3) is 9.16. The molecule has 1 aliphatic heterocycles. The molecule has 168 valence electrons. The number of benzene rings is 1. The van der Waals surface area contributed by atoms with Gasteiger partial charge in [0, 0.05) is 32.8 Å². The lowest BCUT2D eigenvalue weighted by Gasteiger charge is -2.15. The summed E-state index contributed by atoms with van der Waals surface area (Å²) in [5.41, 5.74) is 1.07. The molecular formula is C20H32IN5O4. The molecule has 0 spiro atoms. The third-order valence-corrected chi connectivity index (χ3v) is 4.33. The van der Waals surface area contributed by atoms with Crippen molar-refractivity contribution in [1.82, 2.24) is 20.9 Å². The van der Waals surface area contributed by atoms with Crippen LogP contribution in [-0.2, 0) is 16.1 Å². The summed E-state index contributed by atoms with van der Waals surface area (Å²) in [6, 6.07) is 7.45. The number of hydrogen-bond acceptors (Lipinski definition) is 5. The van der Waals surface area contributed by atoms with E-state index in [1.165, 1.54) is 4.90 Å². The molecule has 2 rings (SSSR count). The molecule has 9 nitrogen and oxygen atoms in total. The van der Waals surface area contributed by atoms with Gasteiger partial charge in [-0.05, 0) is 37.5 Å². The highest BCUT2D eigenvalue weighted by molar-refractivity contribution is 14.0. The van der Waals surface area contributed by atoms with Gasteiger partial charge in [0.1, 0.15) is 5.75 Å². The summed E-state index contributed by atoms with van der Waals surface area (Å²) < 4.78 is 10.5. The van der Waals surface area contributed by atoms with Gasteiger partial charge in [-0.1, -0.05) is 12.1 Å². The highest BCUT2D eigenvalue weighted by Crippen LogP contribution is 2.11. The second-order valence-electron chi connectivity index (χ2n) is 6.47. The highest BCUT2D eigenvalue weighted by atomic mass is 127.